The van der Waals surface area contributed by atoms with E-state index < -0.39 is 15.4 Å². The number of rotatable bonds is 5. The SMILES string of the molecule is CCC1(CC)OC(c2ccc(S(C)(=O)=O)cc2)=C(c2ccccn2)C1=O. The quantitative estimate of drug-likeness (QED) is 0.804. The molecule has 2 heterocycles. The van der Waals surface area contributed by atoms with E-state index in [2.05, 4.69) is 4.98 Å². The van der Waals surface area contributed by atoms with Crippen LogP contribution in [-0.4, -0.2) is 31.0 Å². The molecule has 0 spiro atoms. The molecular formula is C20H21NO4S. The number of carbonyl (C=O) groups is 1. The Morgan fingerprint density at radius 3 is 2.19 bits per heavy atom. The van der Waals surface area contributed by atoms with Crippen LogP contribution in [-0.2, 0) is 19.4 Å². The Morgan fingerprint density at radius 2 is 1.69 bits per heavy atom. The molecule has 0 atom stereocenters. The van der Waals surface area contributed by atoms with E-state index in [4.69, 9.17) is 4.74 Å². The standard InChI is InChI=1S/C20H21NO4S/c1-4-20(5-2)19(22)17(16-8-6-7-13-21-16)18(25-20)14-9-11-15(12-10-14)26(3,23)24/h6-13H,4-5H2,1-3H3. The van der Waals surface area contributed by atoms with Crippen molar-refractivity contribution < 1.29 is 17.9 Å². The van der Waals surface area contributed by atoms with Crippen molar-refractivity contribution in [1.29, 1.82) is 0 Å². The van der Waals surface area contributed by atoms with Crippen LogP contribution in [0.3, 0.4) is 0 Å². The normalized spacial score (nSPS) is 16.7. The van der Waals surface area contributed by atoms with Crippen LogP contribution >= 0.6 is 0 Å². The van der Waals surface area contributed by atoms with Crippen molar-refractivity contribution in [1.82, 2.24) is 4.98 Å². The monoisotopic (exact) mass is 371 g/mol. The van der Waals surface area contributed by atoms with Crippen LogP contribution in [0.4, 0.5) is 0 Å². The molecule has 0 amide bonds. The van der Waals surface area contributed by atoms with Crippen molar-refractivity contribution in [3.63, 3.8) is 0 Å². The molecule has 5 nitrogen and oxygen atoms in total. The van der Waals surface area contributed by atoms with Gasteiger partial charge >= 0.3 is 0 Å². The van der Waals surface area contributed by atoms with Gasteiger partial charge in [-0.3, -0.25) is 9.78 Å². The molecule has 6 heteroatoms. The number of aromatic nitrogens is 1. The number of pyridine rings is 1. The van der Waals surface area contributed by atoms with E-state index in [-0.39, 0.29) is 10.7 Å². The van der Waals surface area contributed by atoms with E-state index >= 15 is 0 Å². The molecule has 0 aliphatic carbocycles. The van der Waals surface area contributed by atoms with Gasteiger partial charge in [-0.2, -0.15) is 0 Å². The third-order valence-corrected chi connectivity index (χ3v) is 5.90. The Bertz CT molecular complexity index is 957. The zero-order chi connectivity index (χ0) is 18.9. The minimum absolute atomic E-state index is 0.0802. The number of nitrogens with zero attached hydrogens (tertiary/aromatic N) is 1. The van der Waals surface area contributed by atoms with Gasteiger partial charge in [-0.1, -0.05) is 19.9 Å². The fraction of sp³-hybridized carbons (Fsp3) is 0.300. The molecule has 1 aliphatic rings. The van der Waals surface area contributed by atoms with Crippen molar-refractivity contribution >= 4 is 27.0 Å². The molecule has 0 N–H and O–H groups in total. The average Bonchev–Trinajstić information content (AvgIpc) is 2.95. The van der Waals surface area contributed by atoms with Crippen LogP contribution in [0, 0.1) is 0 Å². The minimum Gasteiger partial charge on any atom is -0.478 e. The molecular weight excluding hydrogens is 350 g/mol. The van der Waals surface area contributed by atoms with Gasteiger partial charge in [0.05, 0.1) is 16.2 Å². The van der Waals surface area contributed by atoms with Crippen LogP contribution in [0.2, 0.25) is 0 Å². The summed E-state index contributed by atoms with van der Waals surface area (Å²) in [6.45, 7) is 3.85. The highest BCUT2D eigenvalue weighted by Gasteiger charge is 2.47. The molecule has 0 bridgehead atoms. The number of hydrogen-bond donors (Lipinski definition) is 0. The summed E-state index contributed by atoms with van der Waals surface area (Å²) in [6.07, 6.45) is 3.89. The van der Waals surface area contributed by atoms with Crippen molar-refractivity contribution in [2.45, 2.75) is 37.2 Å². The summed E-state index contributed by atoms with van der Waals surface area (Å²) in [4.78, 5) is 17.7. The summed E-state index contributed by atoms with van der Waals surface area (Å²) in [7, 11) is -3.29. The Kier molecular flexibility index (Phi) is 4.71. The molecule has 3 rings (SSSR count). The van der Waals surface area contributed by atoms with Gasteiger partial charge in [0.1, 0.15) is 5.76 Å². The first-order valence-electron chi connectivity index (χ1n) is 8.52. The molecule has 0 unspecified atom stereocenters. The first kappa shape index (κ1) is 18.3. The van der Waals surface area contributed by atoms with Crippen LogP contribution in [0.25, 0.3) is 11.3 Å². The highest BCUT2D eigenvalue weighted by Crippen LogP contribution is 2.44. The number of benzene rings is 1. The van der Waals surface area contributed by atoms with Crippen molar-refractivity contribution in [3.8, 4) is 0 Å². The number of Topliss-reactive ketones (excluding diaryl/α,β-unsaturated/α-hetero) is 1. The summed E-state index contributed by atoms with van der Waals surface area (Å²) in [6, 6.07) is 11.8. The average molecular weight is 371 g/mol. The fourth-order valence-corrected chi connectivity index (χ4v) is 3.77. The topological polar surface area (TPSA) is 73.3 Å². The number of hydrogen-bond acceptors (Lipinski definition) is 5. The van der Waals surface area contributed by atoms with E-state index in [0.29, 0.717) is 35.4 Å². The highest BCUT2D eigenvalue weighted by molar-refractivity contribution is 7.90. The van der Waals surface area contributed by atoms with Gasteiger partial charge in [0, 0.05) is 18.0 Å². The van der Waals surface area contributed by atoms with Crippen LogP contribution < -0.4 is 0 Å². The fourth-order valence-electron chi connectivity index (χ4n) is 3.14. The van der Waals surface area contributed by atoms with Gasteiger partial charge in [0.25, 0.3) is 0 Å². The molecule has 0 saturated heterocycles. The first-order chi connectivity index (χ1) is 12.3. The Balaban J connectivity index is 2.17. The van der Waals surface area contributed by atoms with E-state index in [1.165, 1.54) is 12.1 Å². The zero-order valence-corrected chi connectivity index (χ0v) is 15.8. The van der Waals surface area contributed by atoms with Gasteiger partial charge in [0.15, 0.2) is 15.4 Å². The van der Waals surface area contributed by atoms with Gasteiger partial charge < -0.3 is 4.74 Å². The van der Waals surface area contributed by atoms with E-state index in [9.17, 15) is 13.2 Å². The molecule has 0 saturated carbocycles. The Labute approximate surface area is 153 Å². The van der Waals surface area contributed by atoms with E-state index in [1.54, 1.807) is 30.5 Å². The number of ketones is 1. The van der Waals surface area contributed by atoms with Gasteiger partial charge in [-0.15, -0.1) is 0 Å². The van der Waals surface area contributed by atoms with Gasteiger partial charge in [0.2, 0.25) is 5.78 Å². The summed E-state index contributed by atoms with van der Waals surface area (Å²) in [5, 5.41) is 0. The third kappa shape index (κ3) is 3.05. The third-order valence-electron chi connectivity index (χ3n) is 4.77. The second-order valence-electron chi connectivity index (χ2n) is 6.35. The second kappa shape index (κ2) is 6.68. The van der Waals surface area contributed by atoms with Crippen LogP contribution in [0.15, 0.2) is 53.6 Å². The molecule has 1 aromatic carbocycles. The number of sulfone groups is 1. The smallest absolute Gasteiger partial charge is 0.212 e. The maximum absolute atomic E-state index is 13.2. The van der Waals surface area contributed by atoms with Gasteiger partial charge in [-0.25, -0.2) is 8.42 Å². The van der Waals surface area contributed by atoms with Crippen molar-refractivity contribution in [3.05, 3.63) is 59.9 Å². The van der Waals surface area contributed by atoms with E-state index in [1.807, 2.05) is 19.9 Å². The minimum atomic E-state index is -3.29. The lowest BCUT2D eigenvalue weighted by Gasteiger charge is -2.25. The molecule has 0 radical (unpaired) electrons. The largest absolute Gasteiger partial charge is 0.478 e. The predicted molar refractivity (Wildman–Crippen MR) is 100 cm³/mol. The molecule has 1 aliphatic heterocycles. The lowest BCUT2D eigenvalue weighted by Crippen LogP contribution is -2.35. The lowest BCUT2D eigenvalue weighted by atomic mass is 9.88. The summed E-state index contributed by atoms with van der Waals surface area (Å²) in [5.41, 5.74) is 0.762. The van der Waals surface area contributed by atoms with Crippen molar-refractivity contribution in [2.24, 2.45) is 0 Å². The number of carbonyl (C=O) groups excluding carboxylic acids is 1. The van der Waals surface area contributed by atoms with Gasteiger partial charge in [-0.05, 0) is 49.2 Å². The summed E-state index contributed by atoms with van der Waals surface area (Å²) < 4.78 is 29.6. The molecule has 2 aromatic rings. The number of ether oxygens (including phenoxy) is 1. The predicted octanol–water partition coefficient (Wildman–Crippen LogP) is 3.51. The van der Waals surface area contributed by atoms with E-state index in [0.717, 1.165) is 6.26 Å². The second-order valence-corrected chi connectivity index (χ2v) is 8.36. The van der Waals surface area contributed by atoms with Crippen LogP contribution in [0.1, 0.15) is 37.9 Å². The lowest BCUT2D eigenvalue weighted by molar-refractivity contribution is -0.128. The molecule has 136 valence electrons. The molecule has 1 aromatic heterocycles. The van der Waals surface area contributed by atoms with Crippen LogP contribution in [0.5, 0.6) is 0 Å². The zero-order valence-electron chi connectivity index (χ0n) is 15.0. The highest BCUT2D eigenvalue weighted by atomic mass is 32.2. The Morgan fingerprint density at radius 1 is 1.04 bits per heavy atom. The molecule has 26 heavy (non-hydrogen) atoms. The summed E-state index contributed by atoms with van der Waals surface area (Å²) >= 11 is 0. The molecule has 0 fully saturated rings. The first-order valence-corrected chi connectivity index (χ1v) is 10.4. The van der Waals surface area contributed by atoms with Crippen molar-refractivity contribution in [2.75, 3.05) is 6.26 Å². The Hall–Kier alpha value is -2.47. The summed E-state index contributed by atoms with van der Waals surface area (Å²) in [5.74, 6) is 0.376. The maximum atomic E-state index is 13.2. The maximum Gasteiger partial charge on any atom is 0.212 e.